The number of hydrogen-bond acceptors (Lipinski definition) is 3. The maximum atomic E-state index is 11.5. The maximum absolute atomic E-state index is 11.5. The van der Waals surface area contributed by atoms with Gasteiger partial charge in [0.15, 0.2) is 0 Å². The number of rotatable bonds is 8. The Labute approximate surface area is 191 Å². The number of hydrogen-bond donors (Lipinski definition) is 1. The van der Waals surface area contributed by atoms with E-state index in [9.17, 15) is 5.11 Å². The monoisotopic (exact) mass is 426 g/mol. The number of allylic oxidation sites excluding steroid dienone is 1. The number of nitrogens with zero attached hydrogens (tertiary/aromatic N) is 2. The highest BCUT2D eigenvalue weighted by atomic mass is 16.3. The van der Waals surface area contributed by atoms with Gasteiger partial charge in [0.25, 0.3) is 0 Å². The van der Waals surface area contributed by atoms with Crippen molar-refractivity contribution >= 4 is 16.5 Å². The smallest absolute Gasteiger partial charge is 0.0728 e. The van der Waals surface area contributed by atoms with Crippen molar-refractivity contribution < 1.29 is 5.11 Å². The molecule has 166 valence electrons. The Hall–Kier alpha value is -2.49. The lowest BCUT2D eigenvalue weighted by molar-refractivity contribution is -0.0574. The van der Waals surface area contributed by atoms with Crippen molar-refractivity contribution in [1.29, 1.82) is 0 Å². The van der Waals surface area contributed by atoms with Crippen molar-refractivity contribution in [3.05, 3.63) is 84.1 Å². The Kier molecular flexibility index (Phi) is 6.12. The van der Waals surface area contributed by atoms with E-state index in [0.29, 0.717) is 11.8 Å². The van der Waals surface area contributed by atoms with E-state index in [2.05, 4.69) is 77.6 Å². The highest BCUT2D eigenvalue weighted by Gasteiger charge is 2.46. The molecule has 0 amide bonds. The van der Waals surface area contributed by atoms with Gasteiger partial charge in [-0.2, -0.15) is 0 Å². The van der Waals surface area contributed by atoms with E-state index in [-0.39, 0.29) is 0 Å². The molecule has 3 heteroatoms. The van der Waals surface area contributed by atoms with Crippen LogP contribution in [0.3, 0.4) is 0 Å². The maximum Gasteiger partial charge on any atom is 0.0728 e. The van der Waals surface area contributed by atoms with Crippen LogP contribution in [0, 0.1) is 11.8 Å². The lowest BCUT2D eigenvalue weighted by Crippen LogP contribution is -2.48. The molecule has 6 rings (SSSR count). The highest BCUT2D eigenvalue weighted by Crippen LogP contribution is 2.51. The van der Waals surface area contributed by atoms with Gasteiger partial charge in [0, 0.05) is 24.0 Å². The van der Waals surface area contributed by atoms with Crippen molar-refractivity contribution in [2.75, 3.05) is 20.1 Å². The van der Waals surface area contributed by atoms with Gasteiger partial charge in [-0.05, 0) is 86.9 Å². The summed E-state index contributed by atoms with van der Waals surface area (Å²) in [5, 5.41) is 12.8. The first kappa shape index (κ1) is 21.4. The zero-order chi connectivity index (χ0) is 22.0. The van der Waals surface area contributed by atoms with E-state index in [0.717, 1.165) is 50.7 Å². The zero-order valence-electron chi connectivity index (χ0n) is 19.1. The van der Waals surface area contributed by atoms with Crippen LogP contribution in [0.25, 0.3) is 16.5 Å². The van der Waals surface area contributed by atoms with Crippen LogP contribution >= 0.6 is 0 Å². The Morgan fingerprint density at radius 1 is 1.00 bits per heavy atom. The van der Waals surface area contributed by atoms with Crippen LogP contribution in [0.2, 0.25) is 0 Å². The van der Waals surface area contributed by atoms with E-state index in [1.165, 1.54) is 28.5 Å². The fraction of sp³-hybridized carbons (Fsp3) is 0.414. The molecule has 2 unspecified atom stereocenters. The predicted octanol–water partition coefficient (Wildman–Crippen LogP) is 5.73. The molecule has 1 N–H and O–H groups in total. The van der Waals surface area contributed by atoms with Gasteiger partial charge in [-0.15, -0.1) is 0 Å². The minimum atomic E-state index is -0.545. The number of aryl methyl sites for hydroxylation is 1. The zero-order valence-corrected chi connectivity index (χ0v) is 19.1. The summed E-state index contributed by atoms with van der Waals surface area (Å²) in [4.78, 5) is 6.87. The third-order valence-electron chi connectivity index (χ3n) is 7.70. The first-order valence-corrected chi connectivity index (χ1v) is 12.1. The number of aromatic nitrogens is 1. The number of para-hydroxylation sites is 1. The average Bonchev–Trinajstić information content (AvgIpc) is 2.84. The van der Waals surface area contributed by atoms with Crippen molar-refractivity contribution in [3.63, 3.8) is 0 Å². The standard InChI is InChI=1S/C29H34N2O/c1-31(18-7-10-23-15-17-30-28-12-6-5-11-26(23)28)19-16-29(32)21-24-13-14-25(29)20-27(24)22-8-3-2-4-9-22/h2-6,8-9,11-12,15,17,20,24-25,32H,7,10,13-14,16,18-19,21H2,1H3/t24-,25?,29?/m0/s1. The molecule has 2 aromatic carbocycles. The first-order valence-electron chi connectivity index (χ1n) is 12.1. The van der Waals surface area contributed by atoms with Crippen molar-refractivity contribution in [3.8, 4) is 0 Å². The summed E-state index contributed by atoms with van der Waals surface area (Å²) in [6.45, 7) is 2.00. The van der Waals surface area contributed by atoms with Gasteiger partial charge in [0.05, 0.1) is 11.1 Å². The van der Waals surface area contributed by atoms with Crippen LogP contribution in [0.5, 0.6) is 0 Å². The summed E-state index contributed by atoms with van der Waals surface area (Å²) in [5.41, 5.74) is 4.72. The van der Waals surface area contributed by atoms with Crippen LogP contribution in [0.4, 0.5) is 0 Å². The van der Waals surface area contributed by atoms with E-state index < -0.39 is 5.60 Å². The molecular weight excluding hydrogens is 392 g/mol. The summed E-state index contributed by atoms with van der Waals surface area (Å²) in [6, 6.07) is 21.3. The van der Waals surface area contributed by atoms with Gasteiger partial charge in [-0.1, -0.05) is 54.6 Å². The minimum Gasteiger partial charge on any atom is -0.389 e. The van der Waals surface area contributed by atoms with Gasteiger partial charge >= 0.3 is 0 Å². The first-order chi connectivity index (χ1) is 15.6. The molecule has 3 nitrogen and oxygen atoms in total. The van der Waals surface area contributed by atoms with Crippen LogP contribution in [-0.4, -0.2) is 40.7 Å². The molecule has 1 saturated carbocycles. The number of benzene rings is 2. The Morgan fingerprint density at radius 3 is 2.62 bits per heavy atom. The van der Waals surface area contributed by atoms with Crippen LogP contribution in [0.1, 0.15) is 43.2 Å². The molecule has 3 atom stereocenters. The normalized spacial score (nSPS) is 24.8. The van der Waals surface area contributed by atoms with Crippen LogP contribution < -0.4 is 0 Å². The lowest BCUT2D eigenvalue weighted by Gasteiger charge is -2.48. The quantitative estimate of drug-likeness (QED) is 0.499. The van der Waals surface area contributed by atoms with Gasteiger partial charge in [0.1, 0.15) is 0 Å². The Morgan fingerprint density at radius 2 is 1.81 bits per heavy atom. The topological polar surface area (TPSA) is 36.4 Å². The molecule has 3 aliphatic carbocycles. The number of fused-ring (bicyclic) bond motifs is 3. The van der Waals surface area contributed by atoms with Crippen molar-refractivity contribution in [2.45, 2.75) is 44.1 Å². The Bertz CT molecular complexity index is 1090. The minimum absolute atomic E-state index is 0.291. The Balaban J connectivity index is 1.15. The lowest BCUT2D eigenvalue weighted by atomic mass is 9.61. The number of pyridine rings is 1. The fourth-order valence-electron chi connectivity index (χ4n) is 5.85. The summed E-state index contributed by atoms with van der Waals surface area (Å²) >= 11 is 0. The molecule has 0 saturated heterocycles. The van der Waals surface area contributed by atoms with Gasteiger partial charge in [-0.25, -0.2) is 0 Å². The molecular formula is C29H34N2O. The molecule has 1 aromatic heterocycles. The molecule has 3 aliphatic rings. The summed E-state index contributed by atoms with van der Waals surface area (Å²) < 4.78 is 0. The van der Waals surface area contributed by atoms with E-state index >= 15 is 0 Å². The third-order valence-corrected chi connectivity index (χ3v) is 7.70. The second-order valence-corrected chi connectivity index (χ2v) is 9.82. The molecule has 0 aliphatic heterocycles. The fourth-order valence-corrected chi connectivity index (χ4v) is 5.85. The molecule has 0 radical (unpaired) electrons. The molecule has 3 aromatic rings. The molecule has 32 heavy (non-hydrogen) atoms. The van der Waals surface area contributed by atoms with E-state index in [1.54, 1.807) is 0 Å². The van der Waals surface area contributed by atoms with Crippen LogP contribution in [-0.2, 0) is 6.42 Å². The highest BCUT2D eigenvalue weighted by molar-refractivity contribution is 5.81. The van der Waals surface area contributed by atoms with Crippen LogP contribution in [0.15, 0.2) is 72.9 Å². The predicted molar refractivity (Wildman–Crippen MR) is 132 cm³/mol. The summed E-state index contributed by atoms with van der Waals surface area (Å²) in [7, 11) is 2.19. The number of aliphatic hydroxyl groups is 1. The average molecular weight is 427 g/mol. The molecule has 1 fully saturated rings. The largest absolute Gasteiger partial charge is 0.389 e. The third kappa shape index (κ3) is 4.37. The van der Waals surface area contributed by atoms with E-state index in [4.69, 9.17) is 0 Å². The molecule has 0 spiro atoms. The van der Waals surface area contributed by atoms with Gasteiger partial charge in [-0.3, -0.25) is 4.98 Å². The van der Waals surface area contributed by atoms with Gasteiger partial charge < -0.3 is 10.0 Å². The second kappa shape index (κ2) is 9.17. The summed E-state index contributed by atoms with van der Waals surface area (Å²) in [5.74, 6) is 0.789. The van der Waals surface area contributed by atoms with E-state index in [1.807, 2.05) is 12.3 Å². The second-order valence-electron chi connectivity index (χ2n) is 9.82. The summed E-state index contributed by atoms with van der Waals surface area (Å²) in [6.07, 6.45) is 10.6. The SMILES string of the molecule is CN(CCCc1ccnc2ccccc12)CCC1(O)C[C@@H]2CCC1C=C2c1ccccc1. The van der Waals surface area contributed by atoms with Gasteiger partial charge in [0.2, 0.25) is 0 Å². The van der Waals surface area contributed by atoms with Crippen molar-refractivity contribution in [2.24, 2.45) is 11.8 Å². The molecule has 1 heterocycles. The molecule has 2 bridgehead atoms. The van der Waals surface area contributed by atoms with Crippen molar-refractivity contribution in [1.82, 2.24) is 9.88 Å².